The van der Waals surface area contributed by atoms with E-state index in [4.69, 9.17) is 5.11 Å². The van der Waals surface area contributed by atoms with E-state index in [-0.39, 0.29) is 18.1 Å². The number of rotatable bonds is 5. The summed E-state index contributed by atoms with van der Waals surface area (Å²) in [4.78, 5) is 22.6. The van der Waals surface area contributed by atoms with E-state index >= 15 is 0 Å². The second-order valence-electron chi connectivity index (χ2n) is 5.23. The first kappa shape index (κ1) is 15.0. The van der Waals surface area contributed by atoms with E-state index in [0.29, 0.717) is 17.5 Å². The summed E-state index contributed by atoms with van der Waals surface area (Å²) in [5, 5.41) is 20.9. The maximum Gasteiger partial charge on any atom is 0.303 e. The molecule has 0 atom stereocenters. The minimum atomic E-state index is -0.886. The van der Waals surface area contributed by atoms with Crippen molar-refractivity contribution in [3.63, 3.8) is 0 Å². The smallest absolute Gasteiger partial charge is 0.303 e. The summed E-state index contributed by atoms with van der Waals surface area (Å²) in [6.45, 7) is 5.27. The number of hydrogen-bond acceptors (Lipinski definition) is 3. The highest BCUT2D eigenvalue weighted by atomic mass is 16.4. The zero-order chi connectivity index (χ0) is 14.6. The first-order chi connectivity index (χ1) is 8.71. The van der Waals surface area contributed by atoms with Crippen LogP contribution in [0.4, 0.5) is 0 Å². The Morgan fingerprint density at radius 2 is 1.95 bits per heavy atom. The van der Waals surface area contributed by atoms with E-state index in [1.807, 2.05) is 0 Å². The molecule has 3 N–H and O–H groups in total. The summed E-state index contributed by atoms with van der Waals surface area (Å²) in [7, 11) is 0. The number of aromatic hydroxyl groups is 1. The molecule has 0 saturated carbocycles. The molecular formula is C14H19NO4. The molecule has 0 aliphatic rings. The van der Waals surface area contributed by atoms with Gasteiger partial charge in [-0.3, -0.25) is 9.59 Å². The Hall–Kier alpha value is -2.04. The number of benzene rings is 1. The number of amides is 1. The third kappa shape index (κ3) is 4.62. The van der Waals surface area contributed by atoms with Crippen molar-refractivity contribution in [3.8, 4) is 5.75 Å². The highest BCUT2D eigenvalue weighted by Crippen LogP contribution is 2.18. The van der Waals surface area contributed by atoms with Crippen molar-refractivity contribution in [2.75, 3.05) is 0 Å². The van der Waals surface area contributed by atoms with Crippen LogP contribution in [-0.2, 0) is 4.79 Å². The number of aryl methyl sites for hydroxylation is 1. The van der Waals surface area contributed by atoms with Crippen molar-refractivity contribution >= 4 is 11.9 Å². The highest BCUT2D eigenvalue weighted by molar-refractivity contribution is 5.95. The third-order valence-corrected chi connectivity index (χ3v) is 2.87. The average molecular weight is 265 g/mol. The molecule has 1 aromatic carbocycles. The fraction of sp³-hybridized carbons (Fsp3) is 0.429. The number of hydrogen-bond donors (Lipinski definition) is 3. The molecule has 19 heavy (non-hydrogen) atoms. The monoisotopic (exact) mass is 265 g/mol. The number of aliphatic carboxylic acids is 1. The molecule has 104 valence electrons. The van der Waals surface area contributed by atoms with Crippen LogP contribution in [-0.4, -0.2) is 27.6 Å². The number of phenols is 1. The Labute approximate surface area is 112 Å². The minimum Gasteiger partial charge on any atom is -0.508 e. The Balaban J connectivity index is 2.72. The fourth-order valence-corrected chi connectivity index (χ4v) is 1.66. The molecule has 1 amide bonds. The van der Waals surface area contributed by atoms with Gasteiger partial charge in [0, 0.05) is 17.5 Å². The van der Waals surface area contributed by atoms with Gasteiger partial charge >= 0.3 is 5.97 Å². The van der Waals surface area contributed by atoms with Gasteiger partial charge in [0.15, 0.2) is 0 Å². The zero-order valence-corrected chi connectivity index (χ0v) is 11.4. The standard InChI is InChI=1S/C14H19NO4/c1-9-8-10(4-5-11(9)16)13(19)15-14(2,3)7-6-12(17)18/h4-5,8,16H,6-7H2,1-3H3,(H,15,19)(H,17,18). The van der Waals surface area contributed by atoms with Crippen molar-refractivity contribution in [1.82, 2.24) is 5.32 Å². The van der Waals surface area contributed by atoms with Crippen LogP contribution in [0, 0.1) is 6.92 Å². The van der Waals surface area contributed by atoms with Crippen molar-refractivity contribution in [2.45, 2.75) is 39.2 Å². The van der Waals surface area contributed by atoms with E-state index in [2.05, 4.69) is 5.32 Å². The van der Waals surface area contributed by atoms with Crippen molar-refractivity contribution < 1.29 is 19.8 Å². The molecule has 0 radical (unpaired) electrons. The van der Waals surface area contributed by atoms with E-state index in [1.165, 1.54) is 12.1 Å². The Bertz CT molecular complexity index is 494. The number of phenolic OH excluding ortho intramolecular Hbond substituents is 1. The number of nitrogens with one attached hydrogen (secondary N) is 1. The van der Waals surface area contributed by atoms with Crippen molar-refractivity contribution in [1.29, 1.82) is 0 Å². The molecule has 1 aromatic rings. The van der Waals surface area contributed by atoms with Gasteiger partial charge in [-0.05, 0) is 51.0 Å². The van der Waals surface area contributed by atoms with Crippen LogP contribution in [0.3, 0.4) is 0 Å². The van der Waals surface area contributed by atoms with Gasteiger partial charge in [0.05, 0.1) is 0 Å². The van der Waals surface area contributed by atoms with Crippen LogP contribution in [0.5, 0.6) is 5.75 Å². The summed E-state index contributed by atoms with van der Waals surface area (Å²) < 4.78 is 0. The van der Waals surface area contributed by atoms with Gasteiger partial charge in [0.25, 0.3) is 5.91 Å². The normalized spacial score (nSPS) is 11.1. The number of carbonyl (C=O) groups is 2. The van der Waals surface area contributed by atoms with Crippen LogP contribution in [0.1, 0.15) is 42.6 Å². The molecule has 0 heterocycles. The van der Waals surface area contributed by atoms with Gasteiger partial charge < -0.3 is 15.5 Å². The minimum absolute atomic E-state index is 0.00187. The number of carboxylic acids is 1. The molecule has 5 heteroatoms. The average Bonchev–Trinajstić information content (AvgIpc) is 2.29. The molecule has 0 aliphatic carbocycles. The molecule has 0 unspecified atom stereocenters. The summed E-state index contributed by atoms with van der Waals surface area (Å²) in [6.07, 6.45) is 0.354. The fourth-order valence-electron chi connectivity index (χ4n) is 1.66. The van der Waals surface area contributed by atoms with Crippen LogP contribution >= 0.6 is 0 Å². The maximum absolute atomic E-state index is 12.0. The second kappa shape index (κ2) is 5.73. The molecule has 0 saturated heterocycles. The van der Waals surface area contributed by atoms with Crippen LogP contribution in [0.25, 0.3) is 0 Å². The zero-order valence-electron chi connectivity index (χ0n) is 11.4. The van der Waals surface area contributed by atoms with Gasteiger partial charge in [-0.15, -0.1) is 0 Å². The summed E-state index contributed by atoms with van der Waals surface area (Å²) in [5.41, 5.74) is 0.469. The quantitative estimate of drug-likeness (QED) is 0.760. The molecule has 1 rings (SSSR count). The Kier molecular flexibility index (Phi) is 4.53. The molecule has 5 nitrogen and oxygen atoms in total. The molecule has 0 aliphatic heterocycles. The van der Waals surface area contributed by atoms with Crippen molar-refractivity contribution in [2.24, 2.45) is 0 Å². The van der Waals surface area contributed by atoms with Gasteiger partial charge in [0.2, 0.25) is 0 Å². The number of carboxylic acid groups (broad SMARTS) is 1. The van der Waals surface area contributed by atoms with Gasteiger partial charge in [-0.25, -0.2) is 0 Å². The first-order valence-electron chi connectivity index (χ1n) is 6.05. The van der Waals surface area contributed by atoms with E-state index < -0.39 is 11.5 Å². The lowest BCUT2D eigenvalue weighted by Crippen LogP contribution is -2.43. The summed E-state index contributed by atoms with van der Waals surface area (Å²) in [6, 6.07) is 4.59. The van der Waals surface area contributed by atoms with Gasteiger partial charge in [-0.1, -0.05) is 0 Å². The highest BCUT2D eigenvalue weighted by Gasteiger charge is 2.22. The molecule has 0 aromatic heterocycles. The van der Waals surface area contributed by atoms with E-state index in [9.17, 15) is 14.7 Å². The van der Waals surface area contributed by atoms with Crippen molar-refractivity contribution in [3.05, 3.63) is 29.3 Å². The molecule has 0 spiro atoms. The second-order valence-corrected chi connectivity index (χ2v) is 5.23. The van der Waals surface area contributed by atoms with Crippen LogP contribution < -0.4 is 5.32 Å². The maximum atomic E-state index is 12.0. The van der Waals surface area contributed by atoms with E-state index in [1.54, 1.807) is 26.8 Å². The van der Waals surface area contributed by atoms with Crippen LogP contribution in [0.15, 0.2) is 18.2 Å². The Morgan fingerprint density at radius 3 is 2.47 bits per heavy atom. The lowest BCUT2D eigenvalue weighted by Gasteiger charge is -2.25. The predicted octanol–water partition coefficient (Wildman–Crippen LogP) is 2.07. The summed E-state index contributed by atoms with van der Waals surface area (Å²) in [5.74, 6) is -1.03. The topological polar surface area (TPSA) is 86.6 Å². The van der Waals surface area contributed by atoms with Gasteiger partial charge in [-0.2, -0.15) is 0 Å². The van der Waals surface area contributed by atoms with Crippen LogP contribution in [0.2, 0.25) is 0 Å². The Morgan fingerprint density at radius 1 is 1.32 bits per heavy atom. The first-order valence-corrected chi connectivity index (χ1v) is 6.05. The predicted molar refractivity (Wildman–Crippen MR) is 71.3 cm³/mol. The SMILES string of the molecule is Cc1cc(C(=O)NC(C)(C)CCC(=O)O)ccc1O. The lowest BCUT2D eigenvalue weighted by atomic mass is 9.97. The third-order valence-electron chi connectivity index (χ3n) is 2.87. The largest absolute Gasteiger partial charge is 0.508 e. The van der Waals surface area contributed by atoms with Gasteiger partial charge in [0.1, 0.15) is 5.75 Å². The lowest BCUT2D eigenvalue weighted by molar-refractivity contribution is -0.137. The number of carbonyl (C=O) groups excluding carboxylic acids is 1. The molecule has 0 fully saturated rings. The molecule has 0 bridgehead atoms. The summed E-state index contributed by atoms with van der Waals surface area (Å²) >= 11 is 0. The van der Waals surface area contributed by atoms with E-state index in [0.717, 1.165) is 0 Å². The molecular weight excluding hydrogens is 246 g/mol.